The third-order valence-corrected chi connectivity index (χ3v) is 3.89. The lowest BCUT2D eigenvalue weighted by molar-refractivity contribution is -0.0744. The zero-order valence-corrected chi connectivity index (χ0v) is 12.2. The number of hydrogen-bond donors (Lipinski definition) is 1. The summed E-state index contributed by atoms with van der Waals surface area (Å²) in [5, 5.41) is 9.84. The van der Waals surface area contributed by atoms with Crippen LogP contribution in [0.25, 0.3) is 0 Å². The highest BCUT2D eigenvalue weighted by Crippen LogP contribution is 2.26. The smallest absolute Gasteiger partial charge is 0.0678 e. The van der Waals surface area contributed by atoms with Crippen LogP contribution in [0.5, 0.6) is 0 Å². The van der Waals surface area contributed by atoms with E-state index < -0.39 is 0 Å². The lowest BCUT2D eigenvalue weighted by atomic mass is 9.82. The van der Waals surface area contributed by atoms with E-state index in [4.69, 9.17) is 4.74 Å². The molecule has 0 aliphatic carbocycles. The topological polar surface area (TPSA) is 32.7 Å². The van der Waals surface area contributed by atoms with Crippen molar-refractivity contribution in [1.82, 2.24) is 4.90 Å². The van der Waals surface area contributed by atoms with Gasteiger partial charge in [0.2, 0.25) is 0 Å². The molecule has 3 heteroatoms. The number of aliphatic hydroxyl groups is 1. The fraction of sp³-hybridized carbons (Fsp3) is 0.625. The van der Waals surface area contributed by atoms with Gasteiger partial charge < -0.3 is 9.84 Å². The Morgan fingerprint density at radius 3 is 2.32 bits per heavy atom. The number of ether oxygens (including phenoxy) is 1. The predicted octanol–water partition coefficient (Wildman–Crippen LogP) is 2.05. The molecule has 106 valence electrons. The molecule has 3 nitrogen and oxygen atoms in total. The van der Waals surface area contributed by atoms with Crippen molar-refractivity contribution in [1.29, 1.82) is 0 Å². The van der Waals surface area contributed by atoms with Crippen LogP contribution < -0.4 is 0 Å². The van der Waals surface area contributed by atoms with E-state index in [1.54, 1.807) is 0 Å². The second kappa shape index (κ2) is 6.04. The summed E-state index contributed by atoms with van der Waals surface area (Å²) in [5.74, 6) is 0. The third kappa shape index (κ3) is 3.56. The molecule has 1 aromatic carbocycles. The highest BCUT2D eigenvalue weighted by Gasteiger charge is 2.31. The first-order valence-corrected chi connectivity index (χ1v) is 7.08. The quantitative estimate of drug-likeness (QED) is 0.902. The monoisotopic (exact) mass is 263 g/mol. The molecule has 1 aliphatic heterocycles. The molecule has 1 unspecified atom stereocenters. The summed E-state index contributed by atoms with van der Waals surface area (Å²) in [7, 11) is 0. The molecule has 1 N–H and O–H groups in total. The van der Waals surface area contributed by atoms with Gasteiger partial charge in [-0.15, -0.1) is 0 Å². The van der Waals surface area contributed by atoms with Crippen LogP contribution in [-0.4, -0.2) is 48.5 Å². The van der Waals surface area contributed by atoms with Crippen molar-refractivity contribution in [3.63, 3.8) is 0 Å². The molecule has 0 radical (unpaired) electrons. The van der Waals surface area contributed by atoms with Gasteiger partial charge in [-0.3, -0.25) is 4.90 Å². The lowest BCUT2D eigenvalue weighted by Crippen LogP contribution is -2.51. The molecule has 0 aromatic heterocycles. The van der Waals surface area contributed by atoms with Gasteiger partial charge >= 0.3 is 0 Å². The number of benzene rings is 1. The number of morpholine rings is 1. The average molecular weight is 263 g/mol. The second-order valence-electron chi connectivity index (χ2n) is 6.04. The van der Waals surface area contributed by atoms with Crippen molar-refractivity contribution in [2.24, 2.45) is 0 Å². The Morgan fingerprint density at radius 1 is 1.21 bits per heavy atom. The minimum atomic E-state index is -0.210. The molecular weight excluding hydrogens is 238 g/mol. The summed E-state index contributed by atoms with van der Waals surface area (Å²) < 4.78 is 5.77. The Kier molecular flexibility index (Phi) is 4.61. The van der Waals surface area contributed by atoms with E-state index >= 15 is 0 Å². The van der Waals surface area contributed by atoms with Gasteiger partial charge in [0.15, 0.2) is 0 Å². The Hall–Kier alpha value is -0.900. The first kappa shape index (κ1) is 14.5. The van der Waals surface area contributed by atoms with Crippen LogP contribution in [-0.2, 0) is 10.2 Å². The van der Waals surface area contributed by atoms with Gasteiger partial charge in [-0.05, 0) is 19.4 Å². The molecule has 3 atom stereocenters. The Balaban J connectivity index is 2.10. The highest BCUT2D eigenvalue weighted by atomic mass is 16.5. The van der Waals surface area contributed by atoms with Gasteiger partial charge in [0.05, 0.1) is 18.8 Å². The number of hydrogen-bond acceptors (Lipinski definition) is 3. The maximum atomic E-state index is 9.84. The largest absolute Gasteiger partial charge is 0.395 e. The van der Waals surface area contributed by atoms with E-state index in [2.05, 4.69) is 37.8 Å². The van der Waals surface area contributed by atoms with Crippen molar-refractivity contribution < 1.29 is 9.84 Å². The molecule has 0 saturated carbocycles. The fourth-order valence-electron chi connectivity index (χ4n) is 2.98. The Morgan fingerprint density at radius 2 is 1.79 bits per heavy atom. The van der Waals surface area contributed by atoms with Crippen molar-refractivity contribution in [2.75, 3.05) is 26.2 Å². The highest BCUT2D eigenvalue weighted by molar-refractivity contribution is 5.25. The van der Waals surface area contributed by atoms with E-state index in [1.165, 1.54) is 5.56 Å². The van der Waals surface area contributed by atoms with E-state index in [1.807, 2.05) is 18.2 Å². The van der Waals surface area contributed by atoms with E-state index in [0.29, 0.717) is 0 Å². The molecular formula is C16H25NO2. The number of aliphatic hydroxyl groups excluding tert-OH is 1. The van der Waals surface area contributed by atoms with E-state index in [9.17, 15) is 5.11 Å². The van der Waals surface area contributed by atoms with Crippen LogP contribution in [0.2, 0.25) is 0 Å². The van der Waals surface area contributed by atoms with Crippen LogP contribution in [0.3, 0.4) is 0 Å². The van der Waals surface area contributed by atoms with Crippen LogP contribution in [0, 0.1) is 0 Å². The van der Waals surface area contributed by atoms with Crippen molar-refractivity contribution in [2.45, 2.75) is 38.4 Å². The predicted molar refractivity (Wildman–Crippen MR) is 77.3 cm³/mol. The van der Waals surface area contributed by atoms with Crippen LogP contribution >= 0.6 is 0 Å². The van der Waals surface area contributed by atoms with Crippen LogP contribution in [0.15, 0.2) is 30.3 Å². The molecule has 0 amide bonds. The zero-order chi connectivity index (χ0) is 13.9. The zero-order valence-electron chi connectivity index (χ0n) is 12.2. The maximum absolute atomic E-state index is 9.84. The molecule has 19 heavy (non-hydrogen) atoms. The third-order valence-electron chi connectivity index (χ3n) is 3.89. The van der Waals surface area contributed by atoms with Crippen molar-refractivity contribution >= 4 is 0 Å². The number of nitrogens with zero attached hydrogens (tertiary/aromatic N) is 1. The lowest BCUT2D eigenvalue weighted by Gasteiger charge is -2.40. The van der Waals surface area contributed by atoms with Gasteiger partial charge in [-0.1, -0.05) is 37.3 Å². The van der Waals surface area contributed by atoms with Crippen LogP contribution in [0.1, 0.15) is 26.3 Å². The molecule has 1 saturated heterocycles. The van der Waals surface area contributed by atoms with Gasteiger partial charge in [0, 0.05) is 25.0 Å². The second-order valence-corrected chi connectivity index (χ2v) is 6.04. The summed E-state index contributed by atoms with van der Waals surface area (Å²) in [6.07, 6.45) is 0.532. The summed E-state index contributed by atoms with van der Waals surface area (Å²) in [4.78, 5) is 2.40. The SMILES string of the molecule is C[C@@H]1CN(CC(C)(CO)c2ccccc2)C[C@H](C)O1. The molecule has 1 aromatic rings. The van der Waals surface area contributed by atoms with Gasteiger partial charge in [0.25, 0.3) is 0 Å². The minimum absolute atomic E-state index is 0.164. The minimum Gasteiger partial charge on any atom is -0.395 e. The summed E-state index contributed by atoms with van der Waals surface area (Å²) in [6.45, 7) is 9.26. The first-order chi connectivity index (χ1) is 9.03. The standard InChI is InChI=1S/C16H25NO2/c1-13-9-17(10-14(2)19-13)11-16(3,12-18)15-7-5-4-6-8-15/h4-8,13-14,18H,9-12H2,1-3H3/t13-,14+,16?. The molecule has 0 bridgehead atoms. The molecule has 0 spiro atoms. The Bertz CT molecular complexity index is 385. The van der Waals surface area contributed by atoms with Gasteiger partial charge in [0.1, 0.15) is 0 Å². The van der Waals surface area contributed by atoms with E-state index in [0.717, 1.165) is 19.6 Å². The average Bonchev–Trinajstić information content (AvgIpc) is 2.38. The maximum Gasteiger partial charge on any atom is 0.0678 e. The fourth-order valence-corrected chi connectivity index (χ4v) is 2.98. The molecule has 1 heterocycles. The first-order valence-electron chi connectivity index (χ1n) is 7.08. The molecule has 2 rings (SSSR count). The summed E-state index contributed by atoms with van der Waals surface area (Å²) >= 11 is 0. The van der Waals surface area contributed by atoms with Crippen molar-refractivity contribution in [3.05, 3.63) is 35.9 Å². The van der Waals surface area contributed by atoms with E-state index in [-0.39, 0.29) is 24.2 Å². The van der Waals surface area contributed by atoms with Crippen molar-refractivity contribution in [3.8, 4) is 0 Å². The normalized spacial score (nSPS) is 28.0. The van der Waals surface area contributed by atoms with Crippen LogP contribution in [0.4, 0.5) is 0 Å². The summed E-state index contributed by atoms with van der Waals surface area (Å²) in [6, 6.07) is 10.3. The summed E-state index contributed by atoms with van der Waals surface area (Å²) in [5.41, 5.74) is 0.988. The van der Waals surface area contributed by atoms with Gasteiger partial charge in [-0.2, -0.15) is 0 Å². The molecule has 1 fully saturated rings. The van der Waals surface area contributed by atoms with Gasteiger partial charge in [-0.25, -0.2) is 0 Å². The Labute approximate surface area is 116 Å². The number of rotatable bonds is 4. The molecule has 1 aliphatic rings.